The van der Waals surface area contributed by atoms with Crippen molar-refractivity contribution in [1.82, 2.24) is 0 Å². The topological polar surface area (TPSA) is 18.5 Å². The Balaban J connectivity index is 2.00. The molecule has 0 spiro atoms. The average molecular weight is 347 g/mol. The number of benzene rings is 2. The molecule has 0 aromatic heterocycles. The summed E-state index contributed by atoms with van der Waals surface area (Å²) in [4.78, 5) is 0.220. The van der Waals surface area contributed by atoms with Gasteiger partial charge in [0.1, 0.15) is 11.5 Å². The predicted octanol–water partition coefficient (Wildman–Crippen LogP) is 5.01. The van der Waals surface area contributed by atoms with Gasteiger partial charge in [0.05, 0.1) is 18.5 Å². The number of aryl methyl sites for hydroxylation is 1. The van der Waals surface area contributed by atoms with Crippen molar-refractivity contribution in [2.75, 3.05) is 13.7 Å². The number of ether oxygens (including phenoxy) is 2. The van der Waals surface area contributed by atoms with Gasteiger partial charge in [0.2, 0.25) is 0 Å². The minimum absolute atomic E-state index is 0.220. The lowest BCUT2D eigenvalue weighted by molar-refractivity contribution is 0.265. The van der Waals surface area contributed by atoms with Crippen LogP contribution in [0.25, 0.3) is 0 Å². The van der Waals surface area contributed by atoms with E-state index in [4.69, 9.17) is 9.47 Å². The zero-order valence-corrected chi connectivity index (χ0v) is 13.9. The minimum atomic E-state index is 0.220. The molecule has 1 aliphatic heterocycles. The standard InChI is InChI=1S/C18H19BrO2/c1-12-7-8-16(20-2)15(11-12)18(19)14-9-10-21-17-6-4-3-5-13(14)17/h3-8,11,14,18H,9-10H2,1-2H3. The predicted molar refractivity (Wildman–Crippen MR) is 88.7 cm³/mol. The normalized spacial score (nSPS) is 18.5. The van der Waals surface area contributed by atoms with Crippen molar-refractivity contribution in [1.29, 1.82) is 0 Å². The molecular formula is C18H19BrO2. The fourth-order valence-corrected chi connectivity index (χ4v) is 3.87. The number of rotatable bonds is 3. The first-order chi connectivity index (χ1) is 10.2. The van der Waals surface area contributed by atoms with Crippen LogP contribution in [0.3, 0.4) is 0 Å². The Kier molecular flexibility index (Phi) is 4.20. The van der Waals surface area contributed by atoms with Crippen LogP contribution in [-0.4, -0.2) is 13.7 Å². The molecule has 0 saturated carbocycles. The van der Waals surface area contributed by atoms with Crippen LogP contribution in [0, 0.1) is 6.92 Å². The maximum Gasteiger partial charge on any atom is 0.123 e. The third-order valence-electron chi connectivity index (χ3n) is 4.04. The van der Waals surface area contributed by atoms with E-state index in [1.54, 1.807) is 7.11 Å². The van der Waals surface area contributed by atoms with Crippen LogP contribution in [0.4, 0.5) is 0 Å². The van der Waals surface area contributed by atoms with Gasteiger partial charge in [-0.1, -0.05) is 51.8 Å². The maximum absolute atomic E-state index is 5.77. The molecule has 2 aromatic rings. The van der Waals surface area contributed by atoms with Crippen molar-refractivity contribution in [3.05, 3.63) is 59.2 Å². The number of para-hydroxylation sites is 1. The van der Waals surface area contributed by atoms with Crippen molar-refractivity contribution in [3.8, 4) is 11.5 Å². The van der Waals surface area contributed by atoms with Gasteiger partial charge in [-0.05, 0) is 31.0 Å². The van der Waals surface area contributed by atoms with E-state index >= 15 is 0 Å². The number of alkyl halides is 1. The van der Waals surface area contributed by atoms with Crippen molar-refractivity contribution in [3.63, 3.8) is 0 Å². The van der Waals surface area contributed by atoms with E-state index in [-0.39, 0.29) is 4.83 Å². The van der Waals surface area contributed by atoms with Gasteiger partial charge in [0, 0.05) is 11.5 Å². The van der Waals surface area contributed by atoms with Crippen LogP contribution in [0.1, 0.15) is 33.9 Å². The molecule has 0 radical (unpaired) electrons. The zero-order chi connectivity index (χ0) is 14.8. The SMILES string of the molecule is COc1ccc(C)cc1C(Br)C1CCOc2ccccc21. The Bertz CT molecular complexity index is 639. The summed E-state index contributed by atoms with van der Waals surface area (Å²) < 4.78 is 11.3. The smallest absolute Gasteiger partial charge is 0.123 e. The summed E-state index contributed by atoms with van der Waals surface area (Å²) in [5, 5.41) is 0. The summed E-state index contributed by atoms with van der Waals surface area (Å²) in [6, 6.07) is 14.6. The van der Waals surface area contributed by atoms with E-state index in [9.17, 15) is 0 Å². The summed E-state index contributed by atoms with van der Waals surface area (Å²) in [5.74, 6) is 2.34. The van der Waals surface area contributed by atoms with E-state index in [1.807, 2.05) is 12.1 Å². The van der Waals surface area contributed by atoms with Crippen LogP contribution in [0.5, 0.6) is 11.5 Å². The molecule has 1 aliphatic rings. The lowest BCUT2D eigenvalue weighted by Crippen LogP contribution is -2.17. The number of methoxy groups -OCH3 is 1. The monoisotopic (exact) mass is 346 g/mol. The summed E-state index contributed by atoms with van der Waals surface area (Å²) in [6.07, 6.45) is 1.00. The first-order valence-corrected chi connectivity index (χ1v) is 8.12. The molecule has 3 heteroatoms. The second kappa shape index (κ2) is 6.10. The summed E-state index contributed by atoms with van der Waals surface area (Å²) >= 11 is 3.91. The highest BCUT2D eigenvalue weighted by molar-refractivity contribution is 9.09. The molecule has 2 nitrogen and oxygen atoms in total. The molecule has 2 aromatic carbocycles. The molecule has 0 bridgehead atoms. The Morgan fingerprint density at radius 3 is 2.86 bits per heavy atom. The Morgan fingerprint density at radius 1 is 1.24 bits per heavy atom. The van der Waals surface area contributed by atoms with Crippen LogP contribution < -0.4 is 9.47 Å². The van der Waals surface area contributed by atoms with Gasteiger partial charge in [0.25, 0.3) is 0 Å². The van der Waals surface area contributed by atoms with Crippen molar-refractivity contribution >= 4 is 15.9 Å². The van der Waals surface area contributed by atoms with Gasteiger partial charge in [-0.2, -0.15) is 0 Å². The van der Waals surface area contributed by atoms with Crippen LogP contribution in [0.15, 0.2) is 42.5 Å². The molecule has 1 heterocycles. The Labute approximate surface area is 134 Å². The third-order valence-corrected chi connectivity index (χ3v) is 5.17. The van der Waals surface area contributed by atoms with Crippen molar-refractivity contribution in [2.24, 2.45) is 0 Å². The van der Waals surface area contributed by atoms with Gasteiger partial charge in [-0.25, -0.2) is 0 Å². The maximum atomic E-state index is 5.77. The first kappa shape index (κ1) is 14.5. The number of fused-ring (bicyclic) bond motifs is 1. The third kappa shape index (κ3) is 2.80. The molecule has 3 rings (SSSR count). The molecule has 0 fully saturated rings. The van der Waals surface area contributed by atoms with Crippen molar-refractivity contribution in [2.45, 2.75) is 24.1 Å². The lowest BCUT2D eigenvalue weighted by atomic mass is 9.86. The summed E-state index contributed by atoms with van der Waals surface area (Å²) in [7, 11) is 1.73. The second-order valence-electron chi connectivity index (χ2n) is 5.43. The molecule has 2 atom stereocenters. The highest BCUT2D eigenvalue weighted by Crippen LogP contribution is 2.47. The second-order valence-corrected chi connectivity index (χ2v) is 6.42. The van der Waals surface area contributed by atoms with E-state index in [0.717, 1.165) is 24.5 Å². The minimum Gasteiger partial charge on any atom is -0.496 e. The molecule has 110 valence electrons. The van der Waals surface area contributed by atoms with Gasteiger partial charge in [-0.15, -0.1) is 0 Å². The first-order valence-electron chi connectivity index (χ1n) is 7.21. The molecule has 21 heavy (non-hydrogen) atoms. The highest BCUT2D eigenvalue weighted by atomic mass is 79.9. The van der Waals surface area contributed by atoms with E-state index in [2.05, 4.69) is 53.2 Å². The van der Waals surface area contributed by atoms with Gasteiger partial charge in [-0.3, -0.25) is 0 Å². The van der Waals surface area contributed by atoms with Crippen LogP contribution in [-0.2, 0) is 0 Å². The average Bonchev–Trinajstić information content (AvgIpc) is 2.53. The zero-order valence-electron chi connectivity index (χ0n) is 12.3. The Hall–Kier alpha value is -1.48. The van der Waals surface area contributed by atoms with E-state index in [0.29, 0.717) is 5.92 Å². The van der Waals surface area contributed by atoms with Crippen LogP contribution in [0.2, 0.25) is 0 Å². The number of hydrogen-bond donors (Lipinski definition) is 0. The fraction of sp³-hybridized carbons (Fsp3) is 0.333. The summed E-state index contributed by atoms with van der Waals surface area (Å²) in [6.45, 7) is 2.87. The number of halogens is 1. The van der Waals surface area contributed by atoms with Gasteiger partial charge in [0.15, 0.2) is 0 Å². The lowest BCUT2D eigenvalue weighted by Gasteiger charge is -2.30. The van der Waals surface area contributed by atoms with E-state index in [1.165, 1.54) is 16.7 Å². The molecule has 0 aliphatic carbocycles. The number of hydrogen-bond acceptors (Lipinski definition) is 2. The fourth-order valence-electron chi connectivity index (χ4n) is 2.96. The van der Waals surface area contributed by atoms with Crippen LogP contribution >= 0.6 is 15.9 Å². The molecular weight excluding hydrogens is 328 g/mol. The molecule has 2 unspecified atom stereocenters. The van der Waals surface area contributed by atoms with Crippen molar-refractivity contribution < 1.29 is 9.47 Å². The molecule has 0 N–H and O–H groups in total. The summed E-state index contributed by atoms with van der Waals surface area (Å²) in [5.41, 5.74) is 3.73. The van der Waals surface area contributed by atoms with Gasteiger partial charge >= 0.3 is 0 Å². The molecule has 0 saturated heterocycles. The van der Waals surface area contributed by atoms with Gasteiger partial charge < -0.3 is 9.47 Å². The molecule has 0 amide bonds. The Morgan fingerprint density at radius 2 is 2.05 bits per heavy atom. The highest BCUT2D eigenvalue weighted by Gasteiger charge is 2.29. The van der Waals surface area contributed by atoms with E-state index < -0.39 is 0 Å². The largest absolute Gasteiger partial charge is 0.496 e. The quantitative estimate of drug-likeness (QED) is 0.727.